The third-order valence-electron chi connectivity index (χ3n) is 2.40. The number of aromatic nitrogens is 1. The normalized spacial score (nSPS) is 11.2. The van der Waals surface area contributed by atoms with Crippen LogP contribution in [0.4, 0.5) is 5.82 Å². The molecule has 2 rings (SSSR count). The summed E-state index contributed by atoms with van der Waals surface area (Å²) >= 11 is 1.71. The number of hydrogen-bond donors (Lipinski definition) is 1. The summed E-state index contributed by atoms with van der Waals surface area (Å²) in [4.78, 5) is 2.37. The van der Waals surface area contributed by atoms with E-state index in [0.29, 0.717) is 11.7 Å². The summed E-state index contributed by atoms with van der Waals surface area (Å²) in [6.07, 6.45) is 0.904. The van der Waals surface area contributed by atoms with Gasteiger partial charge in [-0.15, -0.1) is 11.3 Å². The van der Waals surface area contributed by atoms with Crippen LogP contribution < -0.4 is 5.73 Å². The Bertz CT molecular complexity index is 485. The van der Waals surface area contributed by atoms with Gasteiger partial charge in [-0.2, -0.15) is 0 Å². The van der Waals surface area contributed by atoms with E-state index in [1.54, 1.807) is 11.3 Å². The van der Waals surface area contributed by atoms with E-state index in [-0.39, 0.29) is 0 Å². The van der Waals surface area contributed by atoms with Gasteiger partial charge in [0.1, 0.15) is 0 Å². The summed E-state index contributed by atoms with van der Waals surface area (Å²) in [5, 5.41) is 3.86. The van der Waals surface area contributed by atoms with Crippen LogP contribution >= 0.6 is 11.3 Å². The largest absolute Gasteiger partial charge is 0.381 e. The first-order chi connectivity index (χ1) is 7.58. The molecule has 16 heavy (non-hydrogen) atoms. The molecule has 2 N–H and O–H groups in total. The predicted octanol–water partition coefficient (Wildman–Crippen LogP) is 3.49. The second-order valence-electron chi connectivity index (χ2n) is 4.38. The number of anilines is 1. The predicted molar refractivity (Wildman–Crippen MR) is 67.5 cm³/mol. The first kappa shape index (κ1) is 11.2. The quantitative estimate of drug-likeness (QED) is 0.887. The van der Waals surface area contributed by atoms with Crippen molar-refractivity contribution in [1.82, 2.24) is 5.16 Å². The SMILES string of the molecule is Cc1ccc(-c2onc(N)c2CC(C)C)s1. The van der Waals surface area contributed by atoms with Gasteiger partial charge in [0.25, 0.3) is 0 Å². The Hall–Kier alpha value is -1.29. The highest BCUT2D eigenvalue weighted by Crippen LogP contribution is 2.34. The van der Waals surface area contributed by atoms with Crippen LogP contribution in [0.15, 0.2) is 16.7 Å². The van der Waals surface area contributed by atoms with Gasteiger partial charge in [0.05, 0.1) is 4.88 Å². The van der Waals surface area contributed by atoms with E-state index >= 15 is 0 Å². The topological polar surface area (TPSA) is 52.0 Å². The molecule has 0 radical (unpaired) electrons. The van der Waals surface area contributed by atoms with E-state index in [9.17, 15) is 0 Å². The van der Waals surface area contributed by atoms with Crippen molar-refractivity contribution in [3.8, 4) is 10.6 Å². The molecule has 0 amide bonds. The monoisotopic (exact) mass is 236 g/mol. The molecule has 3 nitrogen and oxygen atoms in total. The number of nitrogens with two attached hydrogens (primary N) is 1. The Kier molecular flexibility index (Phi) is 3.01. The molecule has 0 fully saturated rings. The average molecular weight is 236 g/mol. The summed E-state index contributed by atoms with van der Waals surface area (Å²) in [5.74, 6) is 1.90. The summed E-state index contributed by atoms with van der Waals surface area (Å²) < 4.78 is 5.33. The van der Waals surface area contributed by atoms with E-state index < -0.39 is 0 Å². The summed E-state index contributed by atoms with van der Waals surface area (Å²) in [6, 6.07) is 4.14. The highest BCUT2D eigenvalue weighted by molar-refractivity contribution is 7.15. The van der Waals surface area contributed by atoms with Crippen molar-refractivity contribution in [3.63, 3.8) is 0 Å². The number of rotatable bonds is 3. The van der Waals surface area contributed by atoms with Crippen LogP contribution in [0, 0.1) is 12.8 Å². The molecule has 2 aromatic rings. The summed E-state index contributed by atoms with van der Waals surface area (Å²) in [5.41, 5.74) is 6.87. The fourth-order valence-electron chi connectivity index (χ4n) is 1.68. The van der Waals surface area contributed by atoms with Crippen LogP contribution in [0.1, 0.15) is 24.3 Å². The van der Waals surface area contributed by atoms with Gasteiger partial charge < -0.3 is 10.3 Å². The standard InChI is InChI=1S/C12H16N2OS/c1-7(2)6-9-11(15-14-12(9)13)10-5-4-8(3)16-10/h4-5,7H,6H2,1-3H3,(H2,13,14). The van der Waals surface area contributed by atoms with Crippen LogP contribution in [0.5, 0.6) is 0 Å². The van der Waals surface area contributed by atoms with Crippen molar-refractivity contribution >= 4 is 17.2 Å². The Morgan fingerprint density at radius 1 is 1.44 bits per heavy atom. The minimum absolute atomic E-state index is 0.523. The second kappa shape index (κ2) is 4.29. The lowest BCUT2D eigenvalue weighted by atomic mass is 10.0. The molecular weight excluding hydrogens is 220 g/mol. The van der Waals surface area contributed by atoms with Gasteiger partial charge in [-0.1, -0.05) is 19.0 Å². The lowest BCUT2D eigenvalue weighted by Crippen LogP contribution is -1.98. The van der Waals surface area contributed by atoms with E-state index in [2.05, 4.69) is 38.1 Å². The Labute approximate surface area is 99.3 Å². The van der Waals surface area contributed by atoms with Crippen molar-refractivity contribution in [2.75, 3.05) is 5.73 Å². The fraction of sp³-hybridized carbons (Fsp3) is 0.417. The van der Waals surface area contributed by atoms with Crippen LogP contribution in [-0.2, 0) is 6.42 Å². The highest BCUT2D eigenvalue weighted by atomic mass is 32.1. The van der Waals surface area contributed by atoms with Crippen LogP contribution in [0.3, 0.4) is 0 Å². The maximum atomic E-state index is 5.83. The number of thiophene rings is 1. The molecule has 0 aliphatic heterocycles. The summed E-state index contributed by atoms with van der Waals surface area (Å²) in [7, 11) is 0. The maximum Gasteiger partial charge on any atom is 0.182 e. The molecule has 4 heteroatoms. The zero-order valence-electron chi connectivity index (χ0n) is 9.78. The Morgan fingerprint density at radius 3 is 2.75 bits per heavy atom. The molecule has 0 saturated heterocycles. The second-order valence-corrected chi connectivity index (χ2v) is 5.67. The fourth-order valence-corrected chi connectivity index (χ4v) is 2.55. The minimum Gasteiger partial charge on any atom is -0.381 e. The van der Waals surface area contributed by atoms with Crippen LogP contribution in [0.2, 0.25) is 0 Å². The third kappa shape index (κ3) is 2.11. The number of hydrogen-bond acceptors (Lipinski definition) is 4. The van der Waals surface area contributed by atoms with Crippen molar-refractivity contribution in [1.29, 1.82) is 0 Å². The van der Waals surface area contributed by atoms with E-state index in [1.165, 1.54) is 4.88 Å². The van der Waals surface area contributed by atoms with Crippen LogP contribution in [0.25, 0.3) is 10.6 Å². The minimum atomic E-state index is 0.523. The molecule has 2 heterocycles. The number of nitrogen functional groups attached to an aromatic ring is 1. The zero-order valence-corrected chi connectivity index (χ0v) is 10.6. The summed E-state index contributed by atoms with van der Waals surface area (Å²) in [6.45, 7) is 6.40. The van der Waals surface area contributed by atoms with E-state index in [1.807, 2.05) is 0 Å². The smallest absolute Gasteiger partial charge is 0.182 e. The molecule has 86 valence electrons. The zero-order chi connectivity index (χ0) is 11.7. The van der Waals surface area contributed by atoms with Gasteiger partial charge in [0.15, 0.2) is 11.6 Å². The lowest BCUT2D eigenvalue weighted by molar-refractivity contribution is 0.435. The van der Waals surface area contributed by atoms with Gasteiger partial charge in [0.2, 0.25) is 0 Å². The van der Waals surface area contributed by atoms with E-state index in [0.717, 1.165) is 22.6 Å². The Balaban J connectivity index is 2.41. The van der Waals surface area contributed by atoms with E-state index in [4.69, 9.17) is 10.3 Å². The molecule has 0 spiro atoms. The lowest BCUT2D eigenvalue weighted by Gasteiger charge is -2.03. The first-order valence-corrected chi connectivity index (χ1v) is 6.20. The molecule has 0 unspecified atom stereocenters. The molecule has 0 aliphatic rings. The molecule has 0 aliphatic carbocycles. The average Bonchev–Trinajstić information content (AvgIpc) is 2.75. The molecule has 2 aromatic heterocycles. The molecule has 0 bridgehead atoms. The van der Waals surface area contributed by atoms with Gasteiger partial charge in [-0.25, -0.2) is 0 Å². The van der Waals surface area contributed by atoms with Gasteiger partial charge in [-0.3, -0.25) is 0 Å². The molecular formula is C12H16N2OS. The van der Waals surface area contributed by atoms with Crippen molar-refractivity contribution in [2.24, 2.45) is 5.92 Å². The molecule has 0 saturated carbocycles. The van der Waals surface area contributed by atoms with Crippen molar-refractivity contribution in [3.05, 3.63) is 22.6 Å². The number of nitrogens with zero attached hydrogens (tertiary/aromatic N) is 1. The highest BCUT2D eigenvalue weighted by Gasteiger charge is 2.17. The number of aryl methyl sites for hydroxylation is 1. The van der Waals surface area contributed by atoms with Crippen molar-refractivity contribution in [2.45, 2.75) is 27.2 Å². The van der Waals surface area contributed by atoms with Gasteiger partial charge in [0, 0.05) is 10.4 Å². The van der Waals surface area contributed by atoms with Crippen molar-refractivity contribution < 1.29 is 4.52 Å². The Morgan fingerprint density at radius 2 is 2.19 bits per heavy atom. The van der Waals surface area contributed by atoms with Gasteiger partial charge in [-0.05, 0) is 31.4 Å². The van der Waals surface area contributed by atoms with Crippen LogP contribution in [-0.4, -0.2) is 5.16 Å². The third-order valence-corrected chi connectivity index (χ3v) is 3.39. The molecule has 0 atom stereocenters. The van der Waals surface area contributed by atoms with Gasteiger partial charge >= 0.3 is 0 Å². The molecule has 0 aromatic carbocycles. The first-order valence-electron chi connectivity index (χ1n) is 5.38. The maximum absolute atomic E-state index is 5.83.